The highest BCUT2D eigenvalue weighted by molar-refractivity contribution is 5.79. The van der Waals surface area contributed by atoms with Crippen molar-refractivity contribution in [3.05, 3.63) is 35.6 Å². The lowest BCUT2D eigenvalue weighted by atomic mass is 9.41. The van der Waals surface area contributed by atoms with E-state index in [2.05, 4.69) is 6.07 Å². The number of likely N-dealkylation sites (tertiary alicyclic amines) is 1. The van der Waals surface area contributed by atoms with Crippen LogP contribution in [0, 0.1) is 40.8 Å². The van der Waals surface area contributed by atoms with Crippen LogP contribution in [0.25, 0.3) is 0 Å². The van der Waals surface area contributed by atoms with Crippen LogP contribution in [0.3, 0.4) is 0 Å². The molecule has 0 spiro atoms. The average molecular weight is 382 g/mol. The van der Waals surface area contributed by atoms with Gasteiger partial charge in [0.15, 0.2) is 0 Å². The summed E-state index contributed by atoms with van der Waals surface area (Å²) in [5, 5.41) is 9.05. The zero-order valence-corrected chi connectivity index (χ0v) is 16.4. The Morgan fingerprint density at radius 2 is 1.86 bits per heavy atom. The maximum Gasteiger partial charge on any atom is 0.223 e. The number of hydrogen-bond donors (Lipinski definition) is 0. The maximum atomic E-state index is 13.7. The number of carbonyl (C=O) groups excluding carboxylic acids is 1. The molecule has 1 aliphatic heterocycles. The minimum Gasteiger partial charge on any atom is -0.378 e. The van der Waals surface area contributed by atoms with Crippen LogP contribution in [0.1, 0.15) is 44.1 Å². The Labute approximate surface area is 165 Å². The van der Waals surface area contributed by atoms with Gasteiger partial charge in [0.25, 0.3) is 0 Å². The molecular weight excluding hydrogens is 355 g/mol. The summed E-state index contributed by atoms with van der Waals surface area (Å²) in [7, 11) is 1.83. The SMILES string of the molecule is CO[C@]12CC3CC(C1)[C@@](CC(=O)N1CC(C#N)C1)(c1ccc(F)cc1)C(C3)C2. The predicted octanol–water partition coefficient (Wildman–Crippen LogP) is 3.66. The Kier molecular flexibility index (Phi) is 4.07. The summed E-state index contributed by atoms with van der Waals surface area (Å²) in [5.74, 6) is 1.34. The van der Waals surface area contributed by atoms with E-state index in [1.165, 1.54) is 12.1 Å². The molecule has 1 heterocycles. The van der Waals surface area contributed by atoms with Crippen LogP contribution in [0.5, 0.6) is 0 Å². The van der Waals surface area contributed by atoms with Crippen molar-refractivity contribution in [2.24, 2.45) is 23.7 Å². The second-order valence-corrected chi connectivity index (χ2v) is 9.58. The van der Waals surface area contributed by atoms with Crippen LogP contribution >= 0.6 is 0 Å². The minimum absolute atomic E-state index is 0.0269. The fraction of sp³-hybridized carbons (Fsp3) is 0.652. The van der Waals surface area contributed by atoms with Gasteiger partial charge in [0.2, 0.25) is 5.91 Å². The Balaban J connectivity index is 1.51. The molecular formula is C23H27FN2O2. The molecule has 5 heteroatoms. The summed E-state index contributed by atoms with van der Waals surface area (Å²) in [4.78, 5) is 15.0. The number of nitrogens with zero attached hydrogens (tertiary/aromatic N) is 2. The standard InChI is InChI=1S/C23H27FN2O2/c1-28-22-8-15-6-18(9-22)23(19(7-15)10-22,17-2-4-20(24)5-3-17)11-21(27)26-13-16(12-25)14-26/h2-5,15-16,18-19H,6-11,13-14H2,1H3/t15?,18?,19?,22-,23-. The summed E-state index contributed by atoms with van der Waals surface area (Å²) in [5.41, 5.74) is 0.840. The molecule has 4 aliphatic carbocycles. The van der Waals surface area contributed by atoms with E-state index >= 15 is 0 Å². The smallest absolute Gasteiger partial charge is 0.223 e. The predicted molar refractivity (Wildman–Crippen MR) is 102 cm³/mol. The van der Waals surface area contributed by atoms with E-state index < -0.39 is 0 Å². The van der Waals surface area contributed by atoms with E-state index in [0.29, 0.717) is 37.3 Å². The summed E-state index contributed by atoms with van der Waals surface area (Å²) in [6.07, 6.45) is 5.85. The Bertz CT molecular complexity index is 808. The average Bonchev–Trinajstić information content (AvgIpc) is 2.64. The molecule has 28 heavy (non-hydrogen) atoms. The van der Waals surface area contributed by atoms with Crippen molar-refractivity contribution in [3.8, 4) is 6.07 Å². The fourth-order valence-electron chi connectivity index (χ4n) is 7.02. The fourth-order valence-corrected chi connectivity index (χ4v) is 7.02. The van der Waals surface area contributed by atoms with Gasteiger partial charge in [-0.15, -0.1) is 0 Å². The van der Waals surface area contributed by atoms with Gasteiger partial charge in [0, 0.05) is 32.0 Å². The Hall–Kier alpha value is -1.93. The topological polar surface area (TPSA) is 53.3 Å². The molecule has 1 aromatic rings. The van der Waals surface area contributed by atoms with Crippen molar-refractivity contribution in [1.82, 2.24) is 4.90 Å². The van der Waals surface area contributed by atoms with Crippen LogP contribution < -0.4 is 0 Å². The molecule has 0 N–H and O–H groups in total. The molecule has 4 saturated carbocycles. The molecule has 4 nitrogen and oxygen atoms in total. The Morgan fingerprint density at radius 1 is 1.21 bits per heavy atom. The van der Waals surface area contributed by atoms with Gasteiger partial charge in [-0.05, 0) is 67.6 Å². The Morgan fingerprint density at radius 3 is 2.43 bits per heavy atom. The number of hydrogen-bond acceptors (Lipinski definition) is 3. The summed E-state index contributed by atoms with van der Waals surface area (Å²) in [6.45, 7) is 1.10. The van der Waals surface area contributed by atoms with Crippen LogP contribution in [-0.2, 0) is 14.9 Å². The van der Waals surface area contributed by atoms with E-state index in [9.17, 15) is 9.18 Å². The maximum absolute atomic E-state index is 13.7. The van der Waals surface area contributed by atoms with Gasteiger partial charge in [0.1, 0.15) is 5.82 Å². The highest BCUT2D eigenvalue weighted by Crippen LogP contribution is 2.66. The molecule has 0 aromatic heterocycles. The molecule has 5 fully saturated rings. The third kappa shape index (κ3) is 2.54. The molecule has 1 saturated heterocycles. The zero-order chi connectivity index (χ0) is 19.5. The van der Waals surface area contributed by atoms with Gasteiger partial charge < -0.3 is 9.64 Å². The second-order valence-electron chi connectivity index (χ2n) is 9.58. The molecule has 5 aliphatic rings. The third-order valence-electron chi connectivity index (χ3n) is 8.27. The summed E-state index contributed by atoms with van der Waals surface area (Å²) < 4.78 is 19.7. The van der Waals surface area contributed by atoms with Crippen LogP contribution in [0.15, 0.2) is 24.3 Å². The van der Waals surface area contributed by atoms with Crippen molar-refractivity contribution in [2.45, 2.75) is 49.5 Å². The van der Waals surface area contributed by atoms with Gasteiger partial charge in [-0.25, -0.2) is 4.39 Å². The number of rotatable bonds is 4. The lowest BCUT2D eigenvalue weighted by Gasteiger charge is -2.65. The van der Waals surface area contributed by atoms with Crippen molar-refractivity contribution < 1.29 is 13.9 Å². The molecule has 148 valence electrons. The largest absolute Gasteiger partial charge is 0.378 e. The molecule has 2 atom stereocenters. The molecule has 6 rings (SSSR count). The van der Waals surface area contributed by atoms with Gasteiger partial charge >= 0.3 is 0 Å². The van der Waals surface area contributed by atoms with E-state index in [4.69, 9.17) is 10.00 Å². The molecule has 0 radical (unpaired) electrons. The first kappa shape index (κ1) is 18.1. The van der Waals surface area contributed by atoms with E-state index in [1.54, 1.807) is 0 Å². The molecule has 4 bridgehead atoms. The number of nitriles is 1. The van der Waals surface area contributed by atoms with Crippen LogP contribution in [0.4, 0.5) is 4.39 Å². The van der Waals surface area contributed by atoms with Crippen molar-refractivity contribution >= 4 is 5.91 Å². The normalized spacial score (nSPS) is 38.9. The number of halogens is 1. The van der Waals surface area contributed by atoms with Gasteiger partial charge in [0.05, 0.1) is 17.6 Å². The highest BCUT2D eigenvalue weighted by Gasteiger charge is 2.63. The number of benzene rings is 1. The molecule has 1 aromatic carbocycles. The highest BCUT2D eigenvalue weighted by atomic mass is 19.1. The molecule has 1 amide bonds. The number of methoxy groups -OCH3 is 1. The summed E-state index contributed by atoms with van der Waals surface area (Å²) in [6, 6.07) is 9.12. The quantitative estimate of drug-likeness (QED) is 0.799. The number of amides is 1. The first-order chi connectivity index (χ1) is 13.5. The lowest BCUT2D eigenvalue weighted by Crippen LogP contribution is -2.64. The number of ether oxygens (including phenoxy) is 1. The van der Waals surface area contributed by atoms with Gasteiger partial charge in [-0.1, -0.05) is 12.1 Å². The van der Waals surface area contributed by atoms with Crippen molar-refractivity contribution in [2.75, 3.05) is 20.2 Å². The number of carbonyl (C=O) groups is 1. The van der Waals surface area contributed by atoms with Gasteiger partial charge in [-0.2, -0.15) is 5.26 Å². The first-order valence-electron chi connectivity index (χ1n) is 10.5. The van der Waals surface area contributed by atoms with E-state index in [1.807, 2.05) is 24.1 Å². The second kappa shape index (κ2) is 6.29. The van der Waals surface area contributed by atoms with E-state index in [-0.39, 0.29) is 28.7 Å². The van der Waals surface area contributed by atoms with Crippen molar-refractivity contribution in [1.29, 1.82) is 5.26 Å². The van der Waals surface area contributed by atoms with E-state index in [0.717, 1.165) is 37.7 Å². The summed E-state index contributed by atoms with van der Waals surface area (Å²) >= 11 is 0. The first-order valence-corrected chi connectivity index (χ1v) is 10.5. The van der Waals surface area contributed by atoms with Crippen molar-refractivity contribution in [3.63, 3.8) is 0 Å². The zero-order valence-electron chi connectivity index (χ0n) is 16.4. The lowest BCUT2D eigenvalue weighted by molar-refractivity contribution is -0.185. The van der Waals surface area contributed by atoms with Crippen LogP contribution in [0.2, 0.25) is 0 Å². The minimum atomic E-state index is -0.235. The third-order valence-corrected chi connectivity index (χ3v) is 8.27. The van der Waals surface area contributed by atoms with Gasteiger partial charge in [-0.3, -0.25) is 4.79 Å². The monoisotopic (exact) mass is 382 g/mol. The van der Waals surface area contributed by atoms with Crippen LogP contribution in [-0.4, -0.2) is 36.6 Å². The molecule has 2 unspecified atom stereocenters.